The molecule has 3 nitrogen and oxygen atoms in total. The summed E-state index contributed by atoms with van der Waals surface area (Å²) in [6.07, 6.45) is 9.69. The fourth-order valence-electron chi connectivity index (χ4n) is 1.89. The molecule has 1 rings (SSSR count). The third-order valence-corrected chi connectivity index (χ3v) is 3.26. The quantitative estimate of drug-likeness (QED) is 0.785. The zero-order chi connectivity index (χ0) is 15.0. The molecule has 1 heterocycles. The van der Waals surface area contributed by atoms with Gasteiger partial charge in [0.15, 0.2) is 0 Å². The second kappa shape index (κ2) is 8.00. The van der Waals surface area contributed by atoms with Crippen molar-refractivity contribution in [1.82, 2.24) is 0 Å². The Balaban J connectivity index is 2.96. The van der Waals surface area contributed by atoms with Crippen molar-refractivity contribution >= 4 is 0 Å². The topological polar surface area (TPSA) is 44.5 Å². The van der Waals surface area contributed by atoms with Crippen molar-refractivity contribution in [2.75, 3.05) is 26.4 Å². The smallest absolute Gasteiger partial charge is 0.0883 e. The second-order valence-electron chi connectivity index (χ2n) is 4.97. The minimum absolute atomic E-state index is 0.426. The lowest BCUT2D eigenvalue weighted by molar-refractivity contribution is 0.103. The highest BCUT2D eigenvalue weighted by atomic mass is 16.5. The lowest BCUT2D eigenvalue weighted by atomic mass is 9.89. The maximum Gasteiger partial charge on any atom is 0.0883 e. The van der Waals surface area contributed by atoms with E-state index in [2.05, 4.69) is 13.2 Å². The standard InChI is InChI=1S/C17H25NO2/c1-5-7-8-14(3)15(4)11-16(6-2)17(18)12-19-9-10-20-13-17/h5-8,11H,2,4,9-10,12-13,18H2,1,3H3. The number of ether oxygens (including phenoxy) is 2. The zero-order valence-electron chi connectivity index (χ0n) is 12.5. The molecule has 0 bridgehead atoms. The first-order chi connectivity index (χ1) is 9.53. The first kappa shape index (κ1) is 16.6. The van der Waals surface area contributed by atoms with Gasteiger partial charge >= 0.3 is 0 Å². The summed E-state index contributed by atoms with van der Waals surface area (Å²) < 4.78 is 11.0. The molecule has 0 aromatic heterocycles. The molecule has 0 saturated carbocycles. The third kappa shape index (κ3) is 4.60. The molecule has 0 aromatic rings. The van der Waals surface area contributed by atoms with Crippen LogP contribution in [0.15, 0.2) is 60.3 Å². The number of nitrogens with two attached hydrogens (primary N) is 1. The first-order valence-electron chi connectivity index (χ1n) is 6.81. The van der Waals surface area contributed by atoms with Gasteiger partial charge in [0.2, 0.25) is 0 Å². The van der Waals surface area contributed by atoms with Crippen LogP contribution in [0, 0.1) is 0 Å². The van der Waals surface area contributed by atoms with E-state index in [0.29, 0.717) is 26.4 Å². The Bertz CT molecular complexity index is 436. The highest BCUT2D eigenvalue weighted by molar-refractivity contribution is 5.45. The van der Waals surface area contributed by atoms with E-state index in [9.17, 15) is 0 Å². The van der Waals surface area contributed by atoms with Crippen LogP contribution in [0.1, 0.15) is 13.8 Å². The number of hydrogen-bond acceptors (Lipinski definition) is 3. The summed E-state index contributed by atoms with van der Waals surface area (Å²) in [6, 6.07) is 0. The lowest BCUT2D eigenvalue weighted by Crippen LogP contribution is -2.49. The largest absolute Gasteiger partial charge is 0.377 e. The number of allylic oxidation sites excluding steroid dienone is 6. The monoisotopic (exact) mass is 275 g/mol. The molecule has 1 aliphatic heterocycles. The molecule has 110 valence electrons. The summed E-state index contributed by atoms with van der Waals surface area (Å²) in [4.78, 5) is 0. The van der Waals surface area contributed by atoms with Crippen LogP contribution in [0.5, 0.6) is 0 Å². The number of rotatable bonds is 5. The van der Waals surface area contributed by atoms with Crippen molar-refractivity contribution in [2.24, 2.45) is 5.73 Å². The van der Waals surface area contributed by atoms with E-state index in [4.69, 9.17) is 15.2 Å². The van der Waals surface area contributed by atoms with Gasteiger partial charge in [0.25, 0.3) is 0 Å². The van der Waals surface area contributed by atoms with Gasteiger partial charge in [-0.2, -0.15) is 0 Å². The van der Waals surface area contributed by atoms with E-state index in [0.717, 1.165) is 16.7 Å². The van der Waals surface area contributed by atoms with Gasteiger partial charge in [0.05, 0.1) is 32.0 Å². The Hall–Kier alpha value is -1.42. The Morgan fingerprint density at radius 2 is 1.85 bits per heavy atom. The fraction of sp³-hybridized carbons (Fsp3) is 0.412. The first-order valence-corrected chi connectivity index (χ1v) is 6.81. The summed E-state index contributed by atoms with van der Waals surface area (Å²) in [5.41, 5.74) is 8.61. The molecule has 0 spiro atoms. The lowest BCUT2D eigenvalue weighted by Gasteiger charge is -2.28. The van der Waals surface area contributed by atoms with E-state index < -0.39 is 5.54 Å². The molecular formula is C17H25NO2. The van der Waals surface area contributed by atoms with Crippen molar-refractivity contribution in [1.29, 1.82) is 0 Å². The molecule has 3 heteroatoms. The van der Waals surface area contributed by atoms with Crippen LogP contribution in [0.25, 0.3) is 0 Å². The van der Waals surface area contributed by atoms with Gasteiger partial charge in [-0.05, 0) is 30.6 Å². The van der Waals surface area contributed by atoms with Gasteiger partial charge in [-0.3, -0.25) is 0 Å². The third-order valence-electron chi connectivity index (χ3n) is 3.26. The summed E-state index contributed by atoms with van der Waals surface area (Å²) >= 11 is 0. The SMILES string of the molecule is C=CC(=CC(=C)C(C)=CC=CC)C1(N)COCCOC1. The highest BCUT2D eigenvalue weighted by Crippen LogP contribution is 2.22. The Morgan fingerprint density at radius 3 is 2.35 bits per heavy atom. The molecule has 0 unspecified atom stereocenters. The molecule has 20 heavy (non-hydrogen) atoms. The Morgan fingerprint density at radius 1 is 1.25 bits per heavy atom. The van der Waals surface area contributed by atoms with Crippen molar-refractivity contribution in [3.63, 3.8) is 0 Å². The van der Waals surface area contributed by atoms with Crippen LogP contribution in [0.3, 0.4) is 0 Å². The second-order valence-corrected chi connectivity index (χ2v) is 4.97. The van der Waals surface area contributed by atoms with Gasteiger partial charge in [0, 0.05) is 0 Å². The average molecular weight is 275 g/mol. The van der Waals surface area contributed by atoms with E-state index in [1.165, 1.54) is 0 Å². The molecule has 1 aliphatic rings. The highest BCUT2D eigenvalue weighted by Gasteiger charge is 2.30. The van der Waals surface area contributed by atoms with Crippen LogP contribution in [0.2, 0.25) is 0 Å². The molecule has 0 radical (unpaired) electrons. The van der Waals surface area contributed by atoms with E-state index >= 15 is 0 Å². The molecule has 1 fully saturated rings. The molecular weight excluding hydrogens is 250 g/mol. The fourth-order valence-corrected chi connectivity index (χ4v) is 1.89. The molecule has 0 amide bonds. The van der Waals surface area contributed by atoms with E-state index in [1.807, 2.05) is 38.2 Å². The Labute approximate surface area is 122 Å². The molecule has 0 atom stereocenters. The van der Waals surface area contributed by atoms with Gasteiger partial charge in [-0.1, -0.05) is 43.5 Å². The van der Waals surface area contributed by atoms with Crippen LogP contribution in [-0.4, -0.2) is 32.0 Å². The minimum atomic E-state index is -0.665. The van der Waals surface area contributed by atoms with Crippen molar-refractivity contribution in [2.45, 2.75) is 19.4 Å². The average Bonchev–Trinajstić information content (AvgIpc) is 2.67. The van der Waals surface area contributed by atoms with Gasteiger partial charge in [-0.15, -0.1) is 0 Å². The summed E-state index contributed by atoms with van der Waals surface area (Å²) in [6.45, 7) is 13.9. The van der Waals surface area contributed by atoms with Crippen molar-refractivity contribution in [3.8, 4) is 0 Å². The van der Waals surface area contributed by atoms with E-state index in [1.54, 1.807) is 6.08 Å². The molecule has 2 N–H and O–H groups in total. The van der Waals surface area contributed by atoms with Crippen molar-refractivity contribution < 1.29 is 9.47 Å². The summed E-state index contributed by atoms with van der Waals surface area (Å²) in [7, 11) is 0. The van der Waals surface area contributed by atoms with Gasteiger partial charge in [0.1, 0.15) is 0 Å². The molecule has 0 aliphatic carbocycles. The van der Waals surface area contributed by atoms with Crippen LogP contribution < -0.4 is 5.73 Å². The predicted octanol–water partition coefficient (Wildman–Crippen LogP) is 2.92. The van der Waals surface area contributed by atoms with Gasteiger partial charge in [-0.25, -0.2) is 0 Å². The maximum absolute atomic E-state index is 6.40. The Kier molecular flexibility index (Phi) is 6.65. The maximum atomic E-state index is 6.40. The van der Waals surface area contributed by atoms with Crippen LogP contribution in [0.4, 0.5) is 0 Å². The summed E-state index contributed by atoms with van der Waals surface area (Å²) in [5, 5.41) is 0. The van der Waals surface area contributed by atoms with Crippen molar-refractivity contribution in [3.05, 3.63) is 60.3 Å². The number of hydrogen-bond donors (Lipinski definition) is 1. The van der Waals surface area contributed by atoms with Gasteiger partial charge < -0.3 is 15.2 Å². The predicted molar refractivity (Wildman–Crippen MR) is 84.5 cm³/mol. The normalized spacial score (nSPS) is 20.8. The molecule has 1 saturated heterocycles. The molecule has 0 aromatic carbocycles. The summed E-state index contributed by atoms with van der Waals surface area (Å²) in [5.74, 6) is 0. The zero-order valence-corrected chi connectivity index (χ0v) is 12.5. The van der Waals surface area contributed by atoms with Crippen LogP contribution >= 0.6 is 0 Å². The minimum Gasteiger partial charge on any atom is -0.377 e. The van der Waals surface area contributed by atoms with Crippen LogP contribution in [-0.2, 0) is 9.47 Å². The van der Waals surface area contributed by atoms with E-state index in [-0.39, 0.29) is 0 Å².